The van der Waals surface area contributed by atoms with Crippen molar-refractivity contribution >= 4 is 41.2 Å². The molecule has 2 atom stereocenters. The summed E-state index contributed by atoms with van der Waals surface area (Å²) in [7, 11) is 0. The predicted molar refractivity (Wildman–Crippen MR) is 133 cm³/mol. The summed E-state index contributed by atoms with van der Waals surface area (Å²) in [6.07, 6.45) is 3.63. The summed E-state index contributed by atoms with van der Waals surface area (Å²) in [4.78, 5) is 60.5. The van der Waals surface area contributed by atoms with E-state index in [1.54, 1.807) is 20.1 Å². The molecule has 0 heterocycles. The molecule has 4 N–H and O–H groups in total. The first-order valence-corrected chi connectivity index (χ1v) is 12.7. The fourth-order valence-electron chi connectivity index (χ4n) is 3.16. The van der Waals surface area contributed by atoms with Crippen LogP contribution < -0.4 is 21.3 Å². The Balaban J connectivity index is 2.45. The van der Waals surface area contributed by atoms with Gasteiger partial charge in [0.2, 0.25) is 23.6 Å². The van der Waals surface area contributed by atoms with E-state index in [0.717, 1.165) is 12.0 Å². The Bertz CT molecular complexity index is 832. The van der Waals surface area contributed by atoms with E-state index >= 15 is 0 Å². The zero-order chi connectivity index (χ0) is 25.5. The highest BCUT2D eigenvalue weighted by Crippen LogP contribution is 2.05. The maximum absolute atomic E-state index is 12.6. The van der Waals surface area contributed by atoms with Crippen LogP contribution in [0, 0.1) is 5.92 Å². The molecular weight excluding hydrogens is 456 g/mol. The first-order chi connectivity index (χ1) is 16.1. The summed E-state index contributed by atoms with van der Waals surface area (Å²) in [6, 6.07) is 8.26. The van der Waals surface area contributed by atoms with Gasteiger partial charge in [-0.05, 0) is 30.6 Å². The van der Waals surface area contributed by atoms with Gasteiger partial charge in [0.05, 0.1) is 13.1 Å². The Hall–Kier alpha value is -2.88. The maximum Gasteiger partial charge on any atom is 0.243 e. The molecule has 0 radical (unpaired) electrons. The molecule has 0 aliphatic rings. The van der Waals surface area contributed by atoms with Gasteiger partial charge in [-0.2, -0.15) is 11.8 Å². The number of rotatable bonds is 15. The monoisotopic (exact) mass is 492 g/mol. The lowest BCUT2D eigenvalue weighted by molar-refractivity contribution is -0.132. The van der Waals surface area contributed by atoms with Crippen LogP contribution in [0.4, 0.5) is 0 Å². The normalized spacial score (nSPS) is 12.4. The summed E-state index contributed by atoms with van der Waals surface area (Å²) in [5.74, 6) is -1.76. The molecule has 34 heavy (non-hydrogen) atoms. The number of aryl methyl sites for hydroxylation is 1. The third-order valence-corrected chi connectivity index (χ3v) is 5.61. The second-order valence-corrected chi connectivity index (χ2v) is 9.22. The standard InChI is InChI=1S/C24H36N4O5S/c1-16(2)22(28-21(31)14-26-23(32)20(15-34-4)27-17(3)29)24(33)25-13-19(30)12-8-11-18-9-6-5-7-10-18/h5-7,9-10,16,20,22H,8,11-15H2,1-4H3,(H,25,33)(H,26,32)(H,27,29)(H,28,31)/t20-,22?/m0/s1. The average molecular weight is 493 g/mol. The largest absolute Gasteiger partial charge is 0.347 e. The molecule has 0 aromatic heterocycles. The van der Waals surface area contributed by atoms with E-state index in [1.165, 1.54) is 18.7 Å². The lowest BCUT2D eigenvalue weighted by atomic mass is 10.0. The number of nitrogens with one attached hydrogen (secondary N) is 4. The molecule has 0 aliphatic heterocycles. The molecule has 4 amide bonds. The number of amides is 4. The molecule has 0 aliphatic carbocycles. The third-order valence-electron chi connectivity index (χ3n) is 4.94. The molecule has 1 aromatic rings. The summed E-state index contributed by atoms with van der Waals surface area (Å²) in [5.41, 5.74) is 1.16. The van der Waals surface area contributed by atoms with Gasteiger partial charge in [0.15, 0.2) is 5.78 Å². The van der Waals surface area contributed by atoms with Gasteiger partial charge >= 0.3 is 0 Å². The first-order valence-electron chi connectivity index (χ1n) is 11.3. The highest BCUT2D eigenvalue weighted by Gasteiger charge is 2.25. The maximum atomic E-state index is 12.6. The van der Waals surface area contributed by atoms with Crippen LogP contribution in [0.1, 0.15) is 39.2 Å². The zero-order valence-corrected chi connectivity index (χ0v) is 21.1. The van der Waals surface area contributed by atoms with E-state index in [4.69, 9.17) is 0 Å². The Labute approximate surface area is 205 Å². The van der Waals surface area contributed by atoms with Gasteiger partial charge in [0, 0.05) is 19.1 Å². The smallest absolute Gasteiger partial charge is 0.243 e. The highest BCUT2D eigenvalue weighted by molar-refractivity contribution is 7.98. The van der Waals surface area contributed by atoms with Gasteiger partial charge in [0.25, 0.3) is 0 Å². The van der Waals surface area contributed by atoms with Crippen LogP contribution in [-0.2, 0) is 30.4 Å². The van der Waals surface area contributed by atoms with E-state index in [2.05, 4.69) is 21.3 Å². The number of carbonyl (C=O) groups excluding carboxylic acids is 5. The third kappa shape index (κ3) is 11.8. The zero-order valence-electron chi connectivity index (χ0n) is 20.3. The molecule has 10 heteroatoms. The van der Waals surface area contributed by atoms with Crippen molar-refractivity contribution in [1.29, 1.82) is 0 Å². The van der Waals surface area contributed by atoms with Crippen LogP contribution in [0.5, 0.6) is 0 Å². The first kappa shape index (κ1) is 29.2. The topological polar surface area (TPSA) is 133 Å². The quantitative estimate of drug-likeness (QED) is 0.286. The molecule has 0 bridgehead atoms. The van der Waals surface area contributed by atoms with Crippen LogP contribution in [0.25, 0.3) is 0 Å². The Morgan fingerprint density at radius 3 is 2.15 bits per heavy atom. The molecule has 9 nitrogen and oxygen atoms in total. The minimum absolute atomic E-state index is 0.0804. The Morgan fingerprint density at radius 2 is 1.56 bits per heavy atom. The number of carbonyl (C=O) groups is 5. The lowest BCUT2D eigenvalue weighted by Gasteiger charge is -2.22. The minimum Gasteiger partial charge on any atom is -0.347 e. The number of hydrogen-bond acceptors (Lipinski definition) is 6. The van der Waals surface area contributed by atoms with E-state index in [9.17, 15) is 24.0 Å². The molecule has 0 saturated carbocycles. The molecule has 0 fully saturated rings. The van der Waals surface area contributed by atoms with Crippen LogP contribution in [0.3, 0.4) is 0 Å². The fraction of sp³-hybridized carbons (Fsp3) is 0.542. The average Bonchev–Trinajstić information content (AvgIpc) is 2.79. The molecule has 0 spiro atoms. The highest BCUT2D eigenvalue weighted by atomic mass is 32.2. The van der Waals surface area contributed by atoms with Crippen molar-refractivity contribution in [3.63, 3.8) is 0 Å². The molecule has 0 saturated heterocycles. The summed E-state index contributed by atoms with van der Waals surface area (Å²) in [6.45, 7) is 4.42. The van der Waals surface area contributed by atoms with Gasteiger partial charge in [-0.15, -0.1) is 0 Å². The van der Waals surface area contributed by atoms with Crippen molar-refractivity contribution < 1.29 is 24.0 Å². The minimum atomic E-state index is -0.848. The number of ketones is 1. The summed E-state index contributed by atoms with van der Waals surface area (Å²) >= 11 is 1.39. The SMILES string of the molecule is CSC[C@H](NC(C)=O)C(=O)NCC(=O)NC(C(=O)NCC(=O)CCCc1ccccc1)C(C)C. The van der Waals surface area contributed by atoms with Gasteiger partial charge in [-0.1, -0.05) is 44.2 Å². The van der Waals surface area contributed by atoms with Gasteiger partial charge in [0.1, 0.15) is 12.1 Å². The van der Waals surface area contributed by atoms with Crippen molar-refractivity contribution in [2.24, 2.45) is 5.92 Å². The molecular formula is C24H36N4O5S. The van der Waals surface area contributed by atoms with Crippen LogP contribution in [-0.4, -0.2) is 66.6 Å². The summed E-state index contributed by atoms with van der Waals surface area (Å²) in [5, 5.41) is 10.2. The van der Waals surface area contributed by atoms with Gasteiger partial charge in [-0.3, -0.25) is 24.0 Å². The van der Waals surface area contributed by atoms with Crippen molar-refractivity contribution in [1.82, 2.24) is 21.3 Å². The second kappa shape index (κ2) is 15.9. The summed E-state index contributed by atoms with van der Waals surface area (Å²) < 4.78 is 0. The van der Waals surface area contributed by atoms with E-state index in [-0.39, 0.29) is 30.7 Å². The van der Waals surface area contributed by atoms with E-state index < -0.39 is 29.8 Å². The van der Waals surface area contributed by atoms with Crippen molar-refractivity contribution in [2.45, 2.75) is 52.1 Å². The lowest BCUT2D eigenvalue weighted by Crippen LogP contribution is -2.54. The Morgan fingerprint density at radius 1 is 0.912 bits per heavy atom. The van der Waals surface area contributed by atoms with Crippen LogP contribution >= 0.6 is 11.8 Å². The number of Topliss-reactive ketones (excluding diaryl/α,β-unsaturated/α-hetero) is 1. The van der Waals surface area contributed by atoms with Crippen LogP contribution in [0.2, 0.25) is 0 Å². The molecule has 1 rings (SSSR count). The van der Waals surface area contributed by atoms with Crippen molar-refractivity contribution in [3.8, 4) is 0 Å². The molecule has 188 valence electrons. The number of benzene rings is 1. The van der Waals surface area contributed by atoms with Crippen LogP contribution in [0.15, 0.2) is 30.3 Å². The molecule has 1 aromatic carbocycles. The van der Waals surface area contributed by atoms with Gasteiger partial charge in [-0.25, -0.2) is 0 Å². The fourth-order valence-corrected chi connectivity index (χ4v) is 3.73. The van der Waals surface area contributed by atoms with E-state index in [1.807, 2.05) is 30.3 Å². The number of hydrogen-bond donors (Lipinski definition) is 4. The van der Waals surface area contributed by atoms with Gasteiger partial charge < -0.3 is 21.3 Å². The Kier molecular flexibility index (Phi) is 13.6. The molecule has 1 unspecified atom stereocenters. The predicted octanol–water partition coefficient (Wildman–Crippen LogP) is 0.819. The number of thioether (sulfide) groups is 1. The van der Waals surface area contributed by atoms with E-state index in [0.29, 0.717) is 18.6 Å². The van der Waals surface area contributed by atoms with Crippen molar-refractivity contribution in [3.05, 3.63) is 35.9 Å². The second-order valence-electron chi connectivity index (χ2n) is 8.31. The van der Waals surface area contributed by atoms with Crippen molar-refractivity contribution in [2.75, 3.05) is 25.1 Å².